The van der Waals surface area contributed by atoms with E-state index < -0.39 is 11.9 Å². The van der Waals surface area contributed by atoms with Crippen LogP contribution in [0.1, 0.15) is 47.8 Å². The van der Waals surface area contributed by atoms with Crippen molar-refractivity contribution >= 4 is 40.2 Å². The van der Waals surface area contributed by atoms with Gasteiger partial charge in [-0.05, 0) is 55.9 Å². The third kappa shape index (κ3) is 4.59. The number of benzene rings is 2. The van der Waals surface area contributed by atoms with E-state index in [1.54, 1.807) is 48.2 Å². The summed E-state index contributed by atoms with van der Waals surface area (Å²) in [7, 11) is 0. The average Bonchev–Trinajstić information content (AvgIpc) is 3.58. The van der Waals surface area contributed by atoms with E-state index in [0.717, 1.165) is 19.3 Å². The van der Waals surface area contributed by atoms with Gasteiger partial charge >= 0.3 is 0 Å². The molecule has 1 saturated carbocycles. The molecule has 10 nitrogen and oxygen atoms in total. The van der Waals surface area contributed by atoms with Crippen LogP contribution in [-0.4, -0.2) is 50.4 Å². The van der Waals surface area contributed by atoms with Gasteiger partial charge in [-0.1, -0.05) is 18.2 Å². The quantitative estimate of drug-likeness (QED) is 0.438. The van der Waals surface area contributed by atoms with Gasteiger partial charge in [0.25, 0.3) is 5.91 Å². The molecule has 1 aliphatic heterocycles. The summed E-state index contributed by atoms with van der Waals surface area (Å²) in [6, 6.07) is 9.15. The van der Waals surface area contributed by atoms with Crippen LogP contribution in [0.15, 0.2) is 36.4 Å². The fourth-order valence-corrected chi connectivity index (χ4v) is 5.78. The number of aromatic nitrogens is 2. The van der Waals surface area contributed by atoms with Crippen molar-refractivity contribution in [3.05, 3.63) is 59.0 Å². The number of carbonyl (C=O) groups is 4. The number of hydrogen-bond donors (Lipinski definition) is 3. The van der Waals surface area contributed by atoms with Gasteiger partial charge in [-0.15, -0.1) is 0 Å². The summed E-state index contributed by atoms with van der Waals surface area (Å²) in [4.78, 5) is 52.0. The Morgan fingerprint density at radius 2 is 1.95 bits per heavy atom. The topological polar surface area (TPSA) is 139 Å². The van der Waals surface area contributed by atoms with Gasteiger partial charge < -0.3 is 21.3 Å². The lowest BCUT2D eigenvalue weighted by molar-refractivity contribution is -0.143. The number of likely N-dealkylation sites (tertiary alicyclic amines) is 1. The molecular formula is C27H29FN6O4. The zero-order chi connectivity index (χ0) is 27.1. The number of fused-ring (bicyclic) bond motifs is 3. The molecule has 2 fully saturated rings. The van der Waals surface area contributed by atoms with E-state index >= 15 is 0 Å². The van der Waals surface area contributed by atoms with Crippen molar-refractivity contribution in [3.63, 3.8) is 0 Å². The highest BCUT2D eigenvalue weighted by Gasteiger charge is 2.51. The fourth-order valence-electron chi connectivity index (χ4n) is 5.78. The smallest absolute Gasteiger partial charge is 0.269 e. The number of nitrogens with one attached hydrogen (secondary N) is 2. The maximum Gasteiger partial charge on any atom is 0.269 e. The maximum atomic E-state index is 14.4. The number of anilines is 1. The SMILES string of the molecule is CC(=O)Nc1ccc2c(C(N)=O)nn(CC(=O)N3[C@@H]4CC[C@@H](C4)[C@H]3C(=O)NCc3cccc(C)c3F)c2c1. The summed E-state index contributed by atoms with van der Waals surface area (Å²) < 4.78 is 15.8. The van der Waals surface area contributed by atoms with Crippen LogP contribution in [0.4, 0.5) is 10.1 Å². The Kier molecular flexibility index (Phi) is 6.60. The molecular weight excluding hydrogens is 491 g/mol. The largest absolute Gasteiger partial charge is 0.364 e. The van der Waals surface area contributed by atoms with Crippen LogP contribution in [0.3, 0.4) is 0 Å². The second-order valence-corrected chi connectivity index (χ2v) is 10.0. The molecule has 2 aliphatic rings. The Morgan fingerprint density at radius 1 is 1.16 bits per heavy atom. The summed E-state index contributed by atoms with van der Waals surface area (Å²) in [5.41, 5.74) is 7.35. The molecule has 3 aromatic rings. The van der Waals surface area contributed by atoms with Gasteiger partial charge in [0.2, 0.25) is 17.7 Å². The van der Waals surface area contributed by atoms with E-state index in [4.69, 9.17) is 5.73 Å². The van der Waals surface area contributed by atoms with E-state index in [9.17, 15) is 23.6 Å². The van der Waals surface area contributed by atoms with Crippen molar-refractivity contribution < 1.29 is 23.6 Å². The van der Waals surface area contributed by atoms with E-state index in [0.29, 0.717) is 27.7 Å². The number of nitrogens with zero attached hydrogens (tertiary/aromatic N) is 3. The average molecular weight is 521 g/mol. The monoisotopic (exact) mass is 520 g/mol. The lowest BCUT2D eigenvalue weighted by Crippen LogP contribution is -2.53. The molecule has 0 unspecified atom stereocenters. The Labute approximate surface area is 218 Å². The molecule has 5 rings (SSSR count). The zero-order valence-electron chi connectivity index (χ0n) is 21.2. The van der Waals surface area contributed by atoms with E-state index in [1.807, 2.05) is 0 Å². The molecule has 1 aliphatic carbocycles. The molecule has 0 spiro atoms. The number of rotatable bonds is 7. The van der Waals surface area contributed by atoms with Gasteiger partial charge in [0.05, 0.1) is 5.52 Å². The van der Waals surface area contributed by atoms with E-state index in [2.05, 4.69) is 15.7 Å². The molecule has 2 heterocycles. The lowest BCUT2D eigenvalue weighted by Gasteiger charge is -2.34. The molecule has 4 N–H and O–H groups in total. The highest BCUT2D eigenvalue weighted by atomic mass is 19.1. The molecule has 38 heavy (non-hydrogen) atoms. The van der Waals surface area contributed by atoms with Crippen LogP contribution in [0.25, 0.3) is 10.9 Å². The van der Waals surface area contributed by atoms with Crippen LogP contribution in [0, 0.1) is 18.7 Å². The van der Waals surface area contributed by atoms with Crippen molar-refractivity contribution in [2.24, 2.45) is 11.7 Å². The number of nitrogens with two attached hydrogens (primary N) is 1. The highest BCUT2D eigenvalue weighted by Crippen LogP contribution is 2.42. The number of amides is 4. The number of carbonyl (C=O) groups excluding carboxylic acids is 4. The third-order valence-electron chi connectivity index (χ3n) is 7.46. The number of primary amides is 1. The second-order valence-electron chi connectivity index (χ2n) is 10.0. The molecule has 198 valence electrons. The first-order valence-corrected chi connectivity index (χ1v) is 12.5. The number of piperidine rings is 1. The minimum absolute atomic E-state index is 0.0135. The predicted octanol–water partition coefficient (Wildman–Crippen LogP) is 2.24. The van der Waals surface area contributed by atoms with Crippen molar-refractivity contribution in [1.82, 2.24) is 20.0 Å². The van der Waals surface area contributed by atoms with Crippen LogP contribution in [0.5, 0.6) is 0 Å². The van der Waals surface area contributed by atoms with Crippen molar-refractivity contribution in [2.45, 2.75) is 58.3 Å². The zero-order valence-corrected chi connectivity index (χ0v) is 21.2. The highest BCUT2D eigenvalue weighted by molar-refractivity contribution is 6.05. The Morgan fingerprint density at radius 3 is 2.68 bits per heavy atom. The van der Waals surface area contributed by atoms with Crippen molar-refractivity contribution in [1.29, 1.82) is 0 Å². The van der Waals surface area contributed by atoms with E-state index in [1.165, 1.54) is 11.6 Å². The normalized spacial score (nSPS) is 20.1. The Balaban J connectivity index is 1.39. The summed E-state index contributed by atoms with van der Waals surface area (Å²) in [6.07, 6.45) is 2.36. The molecule has 1 saturated heterocycles. The summed E-state index contributed by atoms with van der Waals surface area (Å²) in [5, 5.41) is 10.2. The van der Waals surface area contributed by atoms with Gasteiger partial charge in [0.1, 0.15) is 18.4 Å². The summed E-state index contributed by atoms with van der Waals surface area (Å²) in [6.45, 7) is 2.85. The molecule has 4 amide bonds. The molecule has 11 heteroatoms. The third-order valence-corrected chi connectivity index (χ3v) is 7.46. The molecule has 2 bridgehead atoms. The van der Waals surface area contributed by atoms with Gasteiger partial charge in [-0.25, -0.2) is 4.39 Å². The lowest BCUT2D eigenvalue weighted by atomic mass is 9.97. The number of hydrogen-bond acceptors (Lipinski definition) is 5. The van der Waals surface area contributed by atoms with Gasteiger partial charge in [0.15, 0.2) is 5.69 Å². The minimum Gasteiger partial charge on any atom is -0.364 e. The minimum atomic E-state index is -0.741. The van der Waals surface area contributed by atoms with Crippen LogP contribution in [-0.2, 0) is 27.5 Å². The first kappa shape index (κ1) is 25.4. The van der Waals surface area contributed by atoms with Gasteiger partial charge in [-0.3, -0.25) is 23.9 Å². The Hall–Kier alpha value is -4.28. The van der Waals surface area contributed by atoms with Crippen LogP contribution in [0.2, 0.25) is 0 Å². The molecule has 2 aromatic carbocycles. The molecule has 1 aromatic heterocycles. The first-order chi connectivity index (χ1) is 18.1. The maximum absolute atomic E-state index is 14.4. The Bertz CT molecular complexity index is 1470. The second kappa shape index (κ2) is 9.88. The van der Waals surface area contributed by atoms with Crippen molar-refractivity contribution in [2.75, 3.05) is 5.32 Å². The summed E-state index contributed by atoms with van der Waals surface area (Å²) in [5.74, 6) is -1.98. The van der Waals surface area contributed by atoms with Crippen molar-refractivity contribution in [3.8, 4) is 0 Å². The van der Waals surface area contributed by atoms with Crippen LogP contribution >= 0.6 is 0 Å². The van der Waals surface area contributed by atoms with Gasteiger partial charge in [0, 0.05) is 36.1 Å². The van der Waals surface area contributed by atoms with Gasteiger partial charge in [-0.2, -0.15) is 5.10 Å². The standard InChI is InChI=1S/C27H29FN6O4/c1-14-4-3-5-17(23(14)28)12-30-27(38)25-16-6-8-19(10-16)34(25)22(36)13-33-21-11-18(31-15(2)35)7-9-20(21)24(32-33)26(29)37/h3-5,7,9,11,16,19,25H,6,8,10,12-13H2,1-2H3,(H2,29,37)(H,30,38)(H,31,35)/t16-,19+,25-/m0/s1. The van der Waals surface area contributed by atoms with E-state index in [-0.39, 0.29) is 54.3 Å². The fraction of sp³-hybridized carbons (Fsp3) is 0.370. The molecule has 3 atom stereocenters. The number of halogens is 1. The van der Waals surface area contributed by atoms with Crippen LogP contribution < -0.4 is 16.4 Å². The summed E-state index contributed by atoms with van der Waals surface area (Å²) >= 11 is 0. The number of aryl methyl sites for hydroxylation is 1. The molecule has 0 radical (unpaired) electrons. The predicted molar refractivity (Wildman–Crippen MR) is 137 cm³/mol. The first-order valence-electron chi connectivity index (χ1n) is 12.5.